The Morgan fingerprint density at radius 3 is 2.08 bits per heavy atom. The summed E-state index contributed by atoms with van der Waals surface area (Å²) < 4.78 is 81.8. The molecule has 2 aliphatic rings. The van der Waals surface area contributed by atoms with Crippen molar-refractivity contribution in [2.24, 2.45) is 17.8 Å². The van der Waals surface area contributed by atoms with Crippen molar-refractivity contribution in [1.29, 1.82) is 0 Å². The highest BCUT2D eigenvalue weighted by Crippen LogP contribution is 2.48. The summed E-state index contributed by atoms with van der Waals surface area (Å²) in [6, 6.07) is 20.7. The second kappa shape index (κ2) is 13.6. The minimum absolute atomic E-state index is 0.0827. The van der Waals surface area contributed by atoms with Gasteiger partial charge in [-0.25, -0.2) is 4.90 Å². The van der Waals surface area contributed by atoms with Gasteiger partial charge in [-0.1, -0.05) is 72.3 Å². The molecule has 0 aromatic heterocycles. The summed E-state index contributed by atoms with van der Waals surface area (Å²) in [6.07, 6.45) is -9.30. The summed E-state index contributed by atoms with van der Waals surface area (Å²) in [7, 11) is 0. The van der Waals surface area contributed by atoms with Gasteiger partial charge in [0.25, 0.3) is 0 Å². The van der Waals surface area contributed by atoms with E-state index in [0.717, 1.165) is 22.1 Å². The summed E-state index contributed by atoms with van der Waals surface area (Å²) in [5.74, 6) is -5.47. The van der Waals surface area contributed by atoms with Gasteiger partial charge >= 0.3 is 12.4 Å². The summed E-state index contributed by atoms with van der Waals surface area (Å²) >= 11 is 0. The molecule has 4 aromatic carbocycles. The van der Waals surface area contributed by atoms with E-state index in [1.54, 1.807) is 25.1 Å². The van der Waals surface area contributed by atoms with Crippen molar-refractivity contribution >= 4 is 39.9 Å². The maximum Gasteiger partial charge on any atom is 0.416 e. The lowest BCUT2D eigenvalue weighted by molar-refractivity contribution is -0.143. The number of nitrogens with zero attached hydrogens (tertiary/aromatic N) is 1. The van der Waals surface area contributed by atoms with Gasteiger partial charge in [-0.3, -0.25) is 9.59 Å². The second-order valence-electron chi connectivity index (χ2n) is 12.9. The van der Waals surface area contributed by atoms with Crippen LogP contribution in [0.25, 0.3) is 22.4 Å². The number of phenolic OH excluding ortho intramolecular Hbond substituents is 1. The molecule has 0 spiro atoms. The molecule has 1 saturated heterocycles. The fraction of sp³-hybridized carbons (Fsp3) is 0.282. The summed E-state index contributed by atoms with van der Waals surface area (Å²) in [5, 5.41) is 34.0. The number of hydrogen-bond acceptors (Lipinski definition) is 5. The third kappa shape index (κ3) is 6.90. The van der Waals surface area contributed by atoms with Crippen LogP contribution in [-0.2, 0) is 21.9 Å². The van der Waals surface area contributed by atoms with Crippen LogP contribution in [0.5, 0.6) is 5.75 Å². The van der Waals surface area contributed by atoms with Gasteiger partial charge in [-0.15, -0.1) is 0 Å². The molecule has 1 heterocycles. The van der Waals surface area contributed by atoms with Crippen molar-refractivity contribution in [3.63, 3.8) is 0 Å². The number of hydrogen-bond donors (Lipinski definition) is 3. The smallest absolute Gasteiger partial charge is 0.416 e. The van der Waals surface area contributed by atoms with Crippen LogP contribution >= 0.6 is 0 Å². The van der Waals surface area contributed by atoms with E-state index in [4.69, 9.17) is 0 Å². The molecular weight excluding hydrogens is 676 g/mol. The van der Waals surface area contributed by atoms with Crippen molar-refractivity contribution in [2.45, 2.75) is 44.6 Å². The molecule has 4 aromatic rings. The van der Waals surface area contributed by atoms with Gasteiger partial charge < -0.3 is 15.3 Å². The molecule has 1 aliphatic carbocycles. The first-order valence-corrected chi connectivity index (χ1v) is 16.2. The highest BCUT2D eigenvalue weighted by molar-refractivity contribution is 6.22. The van der Waals surface area contributed by atoms with E-state index in [1.165, 1.54) is 0 Å². The monoisotopic (exact) mass is 709 g/mol. The Kier molecular flexibility index (Phi) is 9.60. The topological polar surface area (TPSA) is 98.1 Å². The van der Waals surface area contributed by atoms with E-state index < -0.39 is 71.4 Å². The van der Waals surface area contributed by atoms with Crippen molar-refractivity contribution in [3.05, 3.63) is 118 Å². The number of carbonyl (C=O) groups excluding carboxylic acids is 2. The average Bonchev–Trinajstić information content (AvgIpc) is 3.34. The SMILES string of the molecule is CC1=C([C@H](O)CC/C(=C/c2ccc(O)c3ccccc23)c2ccccc2)[C@H](CO)[C@@H]2C(=O)N(c3cc(C(F)(F)F)cc(C(F)(F)F)c3)C(=O)[C@@H]2C1. The number of aliphatic hydroxyl groups is 2. The third-order valence-electron chi connectivity index (χ3n) is 9.81. The molecule has 6 rings (SSSR count). The number of alkyl halides is 6. The molecule has 3 N–H and O–H groups in total. The summed E-state index contributed by atoms with van der Waals surface area (Å²) in [6.45, 7) is 0.926. The number of fused-ring (bicyclic) bond motifs is 2. The molecule has 4 atom stereocenters. The van der Waals surface area contributed by atoms with Gasteiger partial charge in [0, 0.05) is 11.3 Å². The number of imide groups is 1. The summed E-state index contributed by atoms with van der Waals surface area (Å²) in [5.41, 5.74) is -0.881. The van der Waals surface area contributed by atoms with Gasteiger partial charge in [0.05, 0.1) is 41.4 Å². The van der Waals surface area contributed by atoms with Crippen molar-refractivity contribution in [1.82, 2.24) is 0 Å². The zero-order chi connectivity index (χ0) is 36.8. The Morgan fingerprint density at radius 2 is 1.47 bits per heavy atom. The molecule has 0 bridgehead atoms. The molecule has 51 heavy (non-hydrogen) atoms. The number of benzene rings is 4. The molecule has 0 saturated carbocycles. The molecule has 0 unspecified atom stereocenters. The Balaban J connectivity index is 1.31. The molecule has 2 amide bonds. The van der Waals surface area contributed by atoms with Crippen LogP contribution < -0.4 is 4.90 Å². The quantitative estimate of drug-likeness (QED) is 0.0739. The highest BCUT2D eigenvalue weighted by atomic mass is 19.4. The normalized spacial score (nSPS) is 20.7. The molecule has 1 fully saturated rings. The second-order valence-corrected chi connectivity index (χ2v) is 12.9. The Labute approximate surface area is 288 Å². The number of halogens is 6. The lowest BCUT2D eigenvalue weighted by atomic mass is 9.68. The number of aromatic hydroxyl groups is 1. The van der Waals surface area contributed by atoms with Crippen molar-refractivity contribution < 1.29 is 51.3 Å². The van der Waals surface area contributed by atoms with Crippen LogP contribution in [0.3, 0.4) is 0 Å². The maximum atomic E-state index is 13.8. The first-order valence-electron chi connectivity index (χ1n) is 16.2. The third-order valence-corrected chi connectivity index (χ3v) is 9.81. The molecule has 266 valence electrons. The lowest BCUT2D eigenvalue weighted by Gasteiger charge is -2.35. The van der Waals surface area contributed by atoms with Crippen LogP contribution in [0.4, 0.5) is 32.0 Å². The Morgan fingerprint density at radius 1 is 0.863 bits per heavy atom. The predicted molar refractivity (Wildman–Crippen MR) is 179 cm³/mol. The fourth-order valence-corrected chi connectivity index (χ4v) is 7.46. The molecule has 1 aliphatic heterocycles. The van der Waals surface area contributed by atoms with Crippen LogP contribution in [0.15, 0.2) is 96.1 Å². The molecule has 6 nitrogen and oxygen atoms in total. The number of allylic oxidation sites excluding steroid dienone is 2. The van der Waals surface area contributed by atoms with Gasteiger partial charge in [-0.05, 0) is 78.1 Å². The minimum Gasteiger partial charge on any atom is -0.507 e. The van der Waals surface area contributed by atoms with Gasteiger partial charge in [0.15, 0.2) is 0 Å². The first-order chi connectivity index (χ1) is 24.1. The Hall–Kier alpha value is -4.94. The standard InChI is InChI=1S/C39H33F6NO5/c1-21-15-30-35(37(51)46(36(30)50)27-18-25(38(40,41)42)17-26(19-27)39(43,44)45)31(20-47)34(21)33(49)14-11-23(22-7-3-2-4-8-22)16-24-12-13-32(48)29-10-6-5-9-28(24)29/h2-10,12-13,16-19,30-31,33,35,47-49H,11,14-15,20H2,1H3/b23-16-/t30-,31+,33-,35-/m1/s1. The van der Waals surface area contributed by atoms with Crippen molar-refractivity contribution in [3.8, 4) is 5.75 Å². The van der Waals surface area contributed by atoms with E-state index in [0.29, 0.717) is 40.0 Å². The highest BCUT2D eigenvalue weighted by Gasteiger charge is 2.55. The number of anilines is 1. The zero-order valence-electron chi connectivity index (χ0n) is 27.2. The average molecular weight is 710 g/mol. The van der Waals surface area contributed by atoms with E-state index in [9.17, 15) is 51.3 Å². The largest absolute Gasteiger partial charge is 0.507 e. The molecular formula is C39H33F6NO5. The number of carbonyl (C=O) groups is 2. The predicted octanol–water partition coefficient (Wildman–Crippen LogP) is 8.40. The Bertz CT molecular complexity index is 2020. The van der Waals surface area contributed by atoms with Crippen LogP contribution in [0, 0.1) is 17.8 Å². The van der Waals surface area contributed by atoms with Crippen LogP contribution in [0.2, 0.25) is 0 Å². The minimum atomic E-state index is -5.19. The molecule has 0 radical (unpaired) electrons. The first kappa shape index (κ1) is 35.9. The van der Waals surface area contributed by atoms with Crippen LogP contribution in [0.1, 0.15) is 48.4 Å². The maximum absolute atomic E-state index is 13.8. The van der Waals surface area contributed by atoms with Crippen LogP contribution in [-0.4, -0.2) is 39.8 Å². The van der Waals surface area contributed by atoms with E-state index >= 15 is 0 Å². The molecule has 12 heteroatoms. The number of aliphatic hydroxyl groups excluding tert-OH is 2. The number of rotatable bonds is 8. The van der Waals surface area contributed by atoms with E-state index in [-0.39, 0.29) is 24.7 Å². The van der Waals surface area contributed by atoms with Crippen molar-refractivity contribution in [2.75, 3.05) is 11.5 Å². The van der Waals surface area contributed by atoms with E-state index in [1.807, 2.05) is 54.6 Å². The lowest BCUT2D eigenvalue weighted by Crippen LogP contribution is -2.38. The van der Waals surface area contributed by atoms with Gasteiger partial charge in [0.2, 0.25) is 11.8 Å². The zero-order valence-corrected chi connectivity index (χ0v) is 27.2. The van der Waals surface area contributed by atoms with Gasteiger partial charge in [-0.2, -0.15) is 26.3 Å². The van der Waals surface area contributed by atoms with Gasteiger partial charge in [0.1, 0.15) is 5.75 Å². The number of amides is 2. The fourth-order valence-electron chi connectivity index (χ4n) is 7.46. The summed E-state index contributed by atoms with van der Waals surface area (Å²) in [4.78, 5) is 27.7. The van der Waals surface area contributed by atoms with E-state index in [2.05, 4.69) is 0 Å². The number of phenols is 1.